The van der Waals surface area contributed by atoms with E-state index < -0.39 is 35.7 Å². The zero-order valence-corrected chi connectivity index (χ0v) is 16.0. The van der Waals surface area contributed by atoms with Crippen LogP contribution in [0.1, 0.15) is 22.0 Å². The highest BCUT2D eigenvalue weighted by Crippen LogP contribution is 2.45. The predicted octanol–water partition coefficient (Wildman–Crippen LogP) is 2.53. The first-order valence-corrected chi connectivity index (χ1v) is 9.09. The maximum absolute atomic E-state index is 13.9. The molecule has 2 aliphatic rings. The van der Waals surface area contributed by atoms with Crippen LogP contribution < -0.4 is 24.8 Å². The number of halogens is 3. The molecule has 0 unspecified atom stereocenters. The summed E-state index contributed by atoms with van der Waals surface area (Å²) in [5.41, 5.74) is -3.78. The lowest BCUT2D eigenvalue weighted by molar-refractivity contribution is -0.287. The van der Waals surface area contributed by atoms with Crippen LogP contribution in [-0.2, 0) is 0 Å². The molecule has 2 amide bonds. The number of nitrogens with one attached hydrogen (secondary N) is 2. The van der Waals surface area contributed by atoms with Crippen LogP contribution in [0.5, 0.6) is 17.2 Å². The zero-order valence-electron chi connectivity index (χ0n) is 16.0. The Hall–Kier alpha value is -3.47. The van der Waals surface area contributed by atoms with Crippen LogP contribution in [0.4, 0.5) is 18.0 Å². The fourth-order valence-electron chi connectivity index (χ4n) is 3.66. The summed E-state index contributed by atoms with van der Waals surface area (Å²) in [6.07, 6.45) is -5.34. The van der Waals surface area contributed by atoms with Crippen molar-refractivity contribution in [1.82, 2.24) is 10.6 Å². The number of methoxy groups -OCH3 is 1. The van der Waals surface area contributed by atoms with Crippen molar-refractivity contribution in [3.8, 4) is 17.2 Å². The molecule has 2 aromatic carbocycles. The van der Waals surface area contributed by atoms with E-state index in [0.29, 0.717) is 11.5 Å². The van der Waals surface area contributed by atoms with Gasteiger partial charge in [-0.3, -0.25) is 4.79 Å². The molecule has 1 saturated heterocycles. The Morgan fingerprint density at radius 1 is 1.16 bits per heavy atom. The summed E-state index contributed by atoms with van der Waals surface area (Å²) in [6.45, 7) is -0.0714. The van der Waals surface area contributed by atoms with Crippen molar-refractivity contribution >= 4 is 11.8 Å². The van der Waals surface area contributed by atoms with Gasteiger partial charge in [-0.25, -0.2) is 4.79 Å². The molecule has 0 bridgehead atoms. The smallest absolute Gasteiger partial charge is 0.437 e. The van der Waals surface area contributed by atoms with Gasteiger partial charge < -0.3 is 30.0 Å². The molecule has 8 nitrogen and oxygen atoms in total. The second kappa shape index (κ2) is 7.34. The first-order chi connectivity index (χ1) is 14.6. The fraction of sp³-hybridized carbons (Fsp3) is 0.300. The van der Waals surface area contributed by atoms with Gasteiger partial charge in [0.1, 0.15) is 11.7 Å². The third kappa shape index (κ3) is 3.50. The third-order valence-electron chi connectivity index (χ3n) is 5.22. The molecule has 2 aliphatic heterocycles. The van der Waals surface area contributed by atoms with Gasteiger partial charge in [-0.1, -0.05) is 6.07 Å². The van der Waals surface area contributed by atoms with E-state index in [9.17, 15) is 27.9 Å². The average Bonchev–Trinajstić information content (AvgIpc) is 3.20. The summed E-state index contributed by atoms with van der Waals surface area (Å²) < 4.78 is 57.3. The normalized spacial score (nSPS) is 24.9. The lowest BCUT2D eigenvalue weighted by atomic mass is 9.77. The van der Waals surface area contributed by atoms with E-state index in [0.717, 1.165) is 0 Å². The molecule has 0 radical (unpaired) electrons. The minimum Gasteiger partial charge on any atom is -0.497 e. The molecular weight excluding hydrogens is 421 g/mol. The van der Waals surface area contributed by atoms with Gasteiger partial charge in [0.05, 0.1) is 13.2 Å². The van der Waals surface area contributed by atoms with Crippen molar-refractivity contribution in [2.24, 2.45) is 5.92 Å². The molecule has 164 valence electrons. The number of fused-ring (bicyclic) bond motifs is 1. The van der Waals surface area contributed by atoms with Crippen molar-refractivity contribution in [1.29, 1.82) is 0 Å². The molecule has 0 aliphatic carbocycles. The molecule has 0 saturated carbocycles. The van der Waals surface area contributed by atoms with Gasteiger partial charge in [0.2, 0.25) is 12.5 Å². The van der Waals surface area contributed by atoms with E-state index in [-0.39, 0.29) is 23.7 Å². The third-order valence-corrected chi connectivity index (χ3v) is 5.22. The molecule has 3 N–H and O–H groups in total. The summed E-state index contributed by atoms with van der Waals surface area (Å²) in [7, 11) is 1.40. The number of ether oxygens (including phenoxy) is 3. The second-order valence-electron chi connectivity index (χ2n) is 7.02. The van der Waals surface area contributed by atoms with Crippen molar-refractivity contribution < 1.29 is 42.1 Å². The second-order valence-corrected chi connectivity index (χ2v) is 7.02. The predicted molar refractivity (Wildman–Crippen MR) is 98.8 cm³/mol. The maximum atomic E-state index is 13.9. The maximum Gasteiger partial charge on any atom is 0.437 e. The zero-order chi connectivity index (χ0) is 22.4. The number of hydrogen-bond donors (Lipinski definition) is 3. The SMILES string of the molecule is COc1ccc(C(=O)[C@H]2[C@H](c3ccc4c(c3)OCO4)NC(=O)N[C@@]2(O)C(F)(F)F)cc1. The highest BCUT2D eigenvalue weighted by atomic mass is 19.4. The van der Waals surface area contributed by atoms with Crippen LogP contribution in [0.2, 0.25) is 0 Å². The van der Waals surface area contributed by atoms with Crippen LogP contribution in [0.3, 0.4) is 0 Å². The number of carbonyl (C=O) groups excluding carboxylic acids is 2. The van der Waals surface area contributed by atoms with Crippen molar-refractivity contribution in [2.75, 3.05) is 13.9 Å². The molecule has 11 heteroatoms. The van der Waals surface area contributed by atoms with Crippen molar-refractivity contribution in [3.05, 3.63) is 53.6 Å². The van der Waals surface area contributed by atoms with Crippen LogP contribution in [0.25, 0.3) is 0 Å². The number of Topliss-reactive ketones (excluding diaryl/α,β-unsaturated/α-hetero) is 1. The Balaban J connectivity index is 1.82. The quantitative estimate of drug-likeness (QED) is 0.634. The standard InChI is InChI=1S/C20H17F3N2O6/c1-29-12-5-2-10(3-6-12)17(26)15-16(11-4-7-13-14(8-11)31-9-30-13)24-18(27)25-19(15,28)20(21,22)23/h2-8,15-16,28H,9H2,1H3,(H2,24,25,27)/t15-,16+,19+/m1/s1. The number of urea groups is 1. The van der Waals surface area contributed by atoms with Gasteiger partial charge in [0, 0.05) is 5.56 Å². The molecular formula is C20H17F3N2O6. The molecule has 2 heterocycles. The van der Waals surface area contributed by atoms with Gasteiger partial charge in [-0.15, -0.1) is 0 Å². The Bertz CT molecular complexity index is 1030. The minimum atomic E-state index is -5.34. The van der Waals surface area contributed by atoms with Crippen LogP contribution >= 0.6 is 0 Å². The molecule has 31 heavy (non-hydrogen) atoms. The van der Waals surface area contributed by atoms with Gasteiger partial charge in [-0.2, -0.15) is 13.2 Å². The minimum absolute atomic E-state index is 0.0714. The molecule has 4 rings (SSSR count). The van der Waals surface area contributed by atoms with Crippen LogP contribution in [-0.4, -0.2) is 42.7 Å². The van der Waals surface area contributed by atoms with Crippen molar-refractivity contribution in [2.45, 2.75) is 17.9 Å². The van der Waals surface area contributed by atoms with E-state index in [1.165, 1.54) is 54.9 Å². The summed E-state index contributed by atoms with van der Waals surface area (Å²) in [6, 6.07) is 6.81. The highest BCUT2D eigenvalue weighted by Gasteiger charge is 2.66. The summed E-state index contributed by atoms with van der Waals surface area (Å²) in [5, 5.41) is 14.4. The Morgan fingerprint density at radius 2 is 1.84 bits per heavy atom. The summed E-state index contributed by atoms with van der Waals surface area (Å²) in [4.78, 5) is 25.3. The summed E-state index contributed by atoms with van der Waals surface area (Å²) >= 11 is 0. The topological polar surface area (TPSA) is 106 Å². The molecule has 3 atom stereocenters. The first-order valence-electron chi connectivity index (χ1n) is 9.09. The lowest BCUT2D eigenvalue weighted by Crippen LogP contribution is -2.72. The Morgan fingerprint density at radius 3 is 2.48 bits per heavy atom. The van der Waals surface area contributed by atoms with Gasteiger partial charge in [0.15, 0.2) is 17.3 Å². The largest absolute Gasteiger partial charge is 0.497 e. The monoisotopic (exact) mass is 438 g/mol. The lowest BCUT2D eigenvalue weighted by Gasteiger charge is -2.45. The number of rotatable bonds is 4. The number of benzene rings is 2. The number of alkyl halides is 3. The van der Waals surface area contributed by atoms with Crippen LogP contribution in [0.15, 0.2) is 42.5 Å². The molecule has 0 spiro atoms. The number of hydrogen-bond acceptors (Lipinski definition) is 6. The Kier molecular flexibility index (Phi) is 4.92. The number of amides is 2. The summed E-state index contributed by atoms with van der Waals surface area (Å²) in [5.74, 6) is -2.16. The van der Waals surface area contributed by atoms with E-state index in [4.69, 9.17) is 14.2 Å². The molecule has 0 aromatic heterocycles. The Labute approximate surface area is 173 Å². The van der Waals surface area contributed by atoms with E-state index >= 15 is 0 Å². The van der Waals surface area contributed by atoms with Crippen molar-refractivity contribution in [3.63, 3.8) is 0 Å². The first kappa shape index (κ1) is 20.8. The van der Waals surface area contributed by atoms with E-state index in [1.54, 1.807) is 0 Å². The number of ketones is 1. The van der Waals surface area contributed by atoms with E-state index in [2.05, 4.69) is 5.32 Å². The van der Waals surface area contributed by atoms with Crippen LogP contribution in [0, 0.1) is 5.92 Å². The highest BCUT2D eigenvalue weighted by molar-refractivity contribution is 6.00. The van der Waals surface area contributed by atoms with E-state index in [1.807, 2.05) is 0 Å². The molecule has 2 aromatic rings. The van der Waals surface area contributed by atoms with Gasteiger partial charge in [0.25, 0.3) is 0 Å². The molecule has 1 fully saturated rings. The number of carbonyl (C=O) groups is 2. The average molecular weight is 438 g/mol. The van der Waals surface area contributed by atoms with Gasteiger partial charge >= 0.3 is 12.2 Å². The van der Waals surface area contributed by atoms with Gasteiger partial charge in [-0.05, 0) is 42.0 Å². The fourth-order valence-corrected chi connectivity index (χ4v) is 3.66. The number of aliphatic hydroxyl groups is 1.